The first-order chi connectivity index (χ1) is 8.13. The van der Waals surface area contributed by atoms with Crippen LogP contribution >= 0.6 is 0 Å². The van der Waals surface area contributed by atoms with E-state index in [1.807, 2.05) is 0 Å². The summed E-state index contributed by atoms with van der Waals surface area (Å²) in [7, 11) is 0. The highest BCUT2D eigenvalue weighted by molar-refractivity contribution is 5.95. The molecule has 0 amide bonds. The lowest BCUT2D eigenvalue weighted by Crippen LogP contribution is -1.99. The maximum atomic E-state index is 13.1. The number of anilines is 1. The molecule has 0 saturated heterocycles. The van der Waals surface area contributed by atoms with Gasteiger partial charge >= 0.3 is 0 Å². The molecular formula is C12H9FN4. The number of aryl methyl sites for hydroxylation is 1. The van der Waals surface area contributed by atoms with Crippen LogP contribution in [0.1, 0.15) is 5.82 Å². The molecule has 2 N–H and O–H groups in total. The van der Waals surface area contributed by atoms with E-state index in [-0.39, 0.29) is 5.82 Å². The number of hydrogen-bond donors (Lipinski definition) is 1. The summed E-state index contributed by atoms with van der Waals surface area (Å²) in [6.45, 7) is 1.76. The molecule has 0 atom stereocenters. The number of benzene rings is 1. The maximum absolute atomic E-state index is 13.1. The van der Waals surface area contributed by atoms with E-state index in [9.17, 15) is 4.39 Å². The molecule has 3 aromatic rings. The summed E-state index contributed by atoms with van der Waals surface area (Å²) in [5, 5.41) is 1.34. The van der Waals surface area contributed by atoms with Gasteiger partial charge in [0.1, 0.15) is 17.5 Å². The summed E-state index contributed by atoms with van der Waals surface area (Å²) in [6, 6.07) is 6.17. The van der Waals surface area contributed by atoms with Crippen LogP contribution in [0.15, 0.2) is 24.3 Å². The van der Waals surface area contributed by atoms with Crippen LogP contribution in [0.3, 0.4) is 0 Å². The fourth-order valence-electron chi connectivity index (χ4n) is 1.82. The second-order valence-electron chi connectivity index (χ2n) is 3.85. The fraction of sp³-hybridized carbons (Fsp3) is 0.0833. The molecule has 0 fully saturated rings. The van der Waals surface area contributed by atoms with Crippen LogP contribution in [0.25, 0.3) is 21.9 Å². The Labute approximate surface area is 96.3 Å². The first kappa shape index (κ1) is 9.89. The number of pyridine rings is 1. The van der Waals surface area contributed by atoms with Crippen LogP contribution in [-0.2, 0) is 0 Å². The zero-order valence-electron chi connectivity index (χ0n) is 9.11. The minimum Gasteiger partial charge on any atom is -0.383 e. The molecule has 17 heavy (non-hydrogen) atoms. The number of nitrogens with two attached hydrogens (primary N) is 1. The Morgan fingerprint density at radius 3 is 2.76 bits per heavy atom. The topological polar surface area (TPSA) is 64.7 Å². The van der Waals surface area contributed by atoms with Gasteiger partial charge in [-0.1, -0.05) is 0 Å². The van der Waals surface area contributed by atoms with Crippen molar-refractivity contribution in [3.05, 3.63) is 35.9 Å². The van der Waals surface area contributed by atoms with Gasteiger partial charge in [-0.2, -0.15) is 0 Å². The average Bonchev–Trinajstić information content (AvgIpc) is 2.27. The predicted molar refractivity (Wildman–Crippen MR) is 63.9 cm³/mol. The summed E-state index contributed by atoms with van der Waals surface area (Å²) >= 11 is 0. The van der Waals surface area contributed by atoms with Crippen molar-refractivity contribution in [2.24, 2.45) is 0 Å². The lowest BCUT2D eigenvalue weighted by molar-refractivity contribution is 0.629. The highest BCUT2D eigenvalue weighted by Gasteiger charge is 2.06. The molecule has 2 aromatic heterocycles. The molecule has 2 heterocycles. The quantitative estimate of drug-likeness (QED) is 0.599. The minimum absolute atomic E-state index is 0.301. The Morgan fingerprint density at radius 1 is 1.12 bits per heavy atom. The number of fused-ring (bicyclic) bond motifs is 2. The summed E-state index contributed by atoms with van der Waals surface area (Å²) < 4.78 is 13.1. The van der Waals surface area contributed by atoms with Gasteiger partial charge in [0.05, 0.1) is 10.9 Å². The van der Waals surface area contributed by atoms with Crippen molar-refractivity contribution in [1.82, 2.24) is 15.0 Å². The number of halogens is 1. The largest absolute Gasteiger partial charge is 0.383 e. The van der Waals surface area contributed by atoms with E-state index >= 15 is 0 Å². The highest BCUT2D eigenvalue weighted by Crippen LogP contribution is 2.22. The summed E-state index contributed by atoms with van der Waals surface area (Å²) in [5.74, 6) is 0.639. The van der Waals surface area contributed by atoms with Crippen LogP contribution in [0, 0.1) is 12.7 Å². The van der Waals surface area contributed by atoms with E-state index in [0.29, 0.717) is 33.6 Å². The molecule has 0 aliphatic carbocycles. The Bertz CT molecular complexity index is 739. The summed E-state index contributed by atoms with van der Waals surface area (Å²) in [4.78, 5) is 12.6. The molecule has 0 spiro atoms. The lowest BCUT2D eigenvalue weighted by atomic mass is 10.2. The minimum atomic E-state index is -0.301. The number of nitrogens with zero attached hydrogens (tertiary/aromatic N) is 3. The van der Waals surface area contributed by atoms with Gasteiger partial charge in [0.25, 0.3) is 0 Å². The van der Waals surface area contributed by atoms with Crippen LogP contribution in [0.4, 0.5) is 10.2 Å². The van der Waals surface area contributed by atoms with E-state index in [4.69, 9.17) is 5.73 Å². The smallest absolute Gasteiger partial charge is 0.165 e. The predicted octanol–water partition coefficient (Wildman–Crippen LogP) is 2.21. The molecule has 84 valence electrons. The molecule has 0 aliphatic heterocycles. The second kappa shape index (κ2) is 3.35. The van der Waals surface area contributed by atoms with Crippen LogP contribution in [-0.4, -0.2) is 15.0 Å². The van der Waals surface area contributed by atoms with Crippen molar-refractivity contribution >= 4 is 27.8 Å². The molecule has 0 bridgehead atoms. The number of aromatic nitrogens is 3. The SMILES string of the molecule is Cc1nc(N)c2cc3cc(F)ccc3nc2n1. The third-order valence-corrected chi connectivity index (χ3v) is 2.58. The molecule has 3 rings (SSSR count). The van der Waals surface area contributed by atoms with Gasteiger partial charge in [-0.25, -0.2) is 19.3 Å². The van der Waals surface area contributed by atoms with Gasteiger partial charge < -0.3 is 5.73 Å². The van der Waals surface area contributed by atoms with Gasteiger partial charge in [0.2, 0.25) is 0 Å². The van der Waals surface area contributed by atoms with Crippen molar-refractivity contribution in [2.45, 2.75) is 6.92 Å². The molecule has 0 aliphatic rings. The van der Waals surface area contributed by atoms with Crippen LogP contribution in [0.5, 0.6) is 0 Å². The lowest BCUT2D eigenvalue weighted by Gasteiger charge is -2.04. The molecule has 0 radical (unpaired) electrons. The van der Waals surface area contributed by atoms with Gasteiger partial charge in [0.15, 0.2) is 5.65 Å². The Morgan fingerprint density at radius 2 is 1.94 bits per heavy atom. The van der Waals surface area contributed by atoms with Gasteiger partial charge in [-0.15, -0.1) is 0 Å². The average molecular weight is 228 g/mol. The zero-order chi connectivity index (χ0) is 12.0. The van der Waals surface area contributed by atoms with Crippen LogP contribution < -0.4 is 5.73 Å². The zero-order valence-corrected chi connectivity index (χ0v) is 9.11. The Kier molecular flexibility index (Phi) is 1.95. The number of nitrogen functional groups attached to an aromatic ring is 1. The summed E-state index contributed by atoms with van der Waals surface area (Å²) in [6.07, 6.45) is 0. The van der Waals surface area contributed by atoms with Gasteiger partial charge in [-0.05, 0) is 31.2 Å². The molecule has 5 heteroatoms. The maximum Gasteiger partial charge on any atom is 0.165 e. The van der Waals surface area contributed by atoms with E-state index < -0.39 is 0 Å². The second-order valence-corrected chi connectivity index (χ2v) is 3.85. The monoisotopic (exact) mass is 228 g/mol. The van der Waals surface area contributed by atoms with Crippen molar-refractivity contribution in [1.29, 1.82) is 0 Å². The third kappa shape index (κ3) is 1.56. The fourth-order valence-corrected chi connectivity index (χ4v) is 1.82. The molecule has 0 saturated carbocycles. The first-order valence-electron chi connectivity index (χ1n) is 5.13. The number of rotatable bonds is 0. The van der Waals surface area contributed by atoms with Gasteiger partial charge in [0, 0.05) is 5.39 Å². The van der Waals surface area contributed by atoms with Crippen molar-refractivity contribution < 1.29 is 4.39 Å². The first-order valence-corrected chi connectivity index (χ1v) is 5.13. The standard InChI is InChI=1S/C12H9FN4/c1-6-15-11(14)9-5-7-4-8(13)2-3-10(7)17-12(9)16-6/h2-5H,1H3,(H2,14,15,16,17). The van der Waals surface area contributed by atoms with Gasteiger partial charge in [-0.3, -0.25) is 0 Å². The van der Waals surface area contributed by atoms with Crippen LogP contribution in [0.2, 0.25) is 0 Å². The molecular weight excluding hydrogens is 219 g/mol. The number of hydrogen-bond acceptors (Lipinski definition) is 4. The molecule has 0 unspecified atom stereocenters. The van der Waals surface area contributed by atoms with E-state index in [1.165, 1.54) is 12.1 Å². The van der Waals surface area contributed by atoms with Crippen molar-refractivity contribution in [3.63, 3.8) is 0 Å². The van der Waals surface area contributed by atoms with Crippen molar-refractivity contribution in [2.75, 3.05) is 5.73 Å². The molecule has 1 aromatic carbocycles. The molecule has 4 nitrogen and oxygen atoms in total. The summed E-state index contributed by atoms with van der Waals surface area (Å²) in [5.41, 5.74) is 7.03. The van der Waals surface area contributed by atoms with E-state index in [1.54, 1.807) is 19.1 Å². The van der Waals surface area contributed by atoms with E-state index in [0.717, 1.165) is 0 Å². The Hall–Kier alpha value is -2.30. The highest BCUT2D eigenvalue weighted by atomic mass is 19.1. The third-order valence-electron chi connectivity index (χ3n) is 2.58. The van der Waals surface area contributed by atoms with Crippen molar-refractivity contribution in [3.8, 4) is 0 Å². The van der Waals surface area contributed by atoms with E-state index in [2.05, 4.69) is 15.0 Å². The Balaban J connectivity index is 2.48. The normalized spacial score (nSPS) is 11.2.